The normalized spacial score (nSPS) is 20.2. The zero-order valence-electron chi connectivity index (χ0n) is 13.6. The maximum atomic E-state index is 12.5. The van der Waals surface area contributed by atoms with Gasteiger partial charge in [-0.25, -0.2) is 4.79 Å². The molecule has 128 valence electrons. The molecule has 1 amide bonds. The molecule has 0 radical (unpaired) electrons. The van der Waals surface area contributed by atoms with E-state index in [1.807, 2.05) is 20.8 Å². The number of hydrogen-bond donors (Lipinski definition) is 0. The second kappa shape index (κ2) is 7.57. The number of aromatic nitrogens is 2. The van der Waals surface area contributed by atoms with Gasteiger partial charge in [-0.15, -0.1) is 10.2 Å². The third-order valence-electron chi connectivity index (χ3n) is 3.44. The van der Waals surface area contributed by atoms with E-state index in [2.05, 4.69) is 10.2 Å². The highest BCUT2D eigenvalue weighted by Gasteiger charge is 2.31. The summed E-state index contributed by atoms with van der Waals surface area (Å²) in [6.45, 7) is 6.14. The summed E-state index contributed by atoms with van der Waals surface area (Å²) in [4.78, 5) is 14.0. The SMILES string of the molecule is CC(C)(C)OC(=O)N1CCCC[C@@H]1C[S@@](=O)c1ccc(Cl)nn1. The third kappa shape index (κ3) is 5.42. The lowest BCUT2D eigenvalue weighted by Crippen LogP contribution is -2.48. The number of hydrogen-bond acceptors (Lipinski definition) is 5. The number of carbonyl (C=O) groups is 1. The Morgan fingerprint density at radius 2 is 2.13 bits per heavy atom. The molecule has 0 N–H and O–H groups in total. The van der Waals surface area contributed by atoms with E-state index in [0.717, 1.165) is 19.3 Å². The van der Waals surface area contributed by atoms with Gasteiger partial charge in [0, 0.05) is 12.6 Å². The summed E-state index contributed by atoms with van der Waals surface area (Å²) in [6, 6.07) is 3.05. The van der Waals surface area contributed by atoms with Gasteiger partial charge in [0.2, 0.25) is 0 Å². The molecule has 2 rings (SSSR count). The molecule has 1 aromatic rings. The first kappa shape index (κ1) is 18.1. The highest BCUT2D eigenvalue weighted by molar-refractivity contribution is 7.85. The van der Waals surface area contributed by atoms with E-state index < -0.39 is 16.4 Å². The van der Waals surface area contributed by atoms with E-state index in [9.17, 15) is 9.00 Å². The van der Waals surface area contributed by atoms with E-state index in [1.54, 1.807) is 17.0 Å². The molecular weight excluding hydrogens is 338 g/mol. The lowest BCUT2D eigenvalue weighted by Gasteiger charge is -2.36. The van der Waals surface area contributed by atoms with Crippen LogP contribution in [0.3, 0.4) is 0 Å². The molecule has 2 heterocycles. The summed E-state index contributed by atoms with van der Waals surface area (Å²) in [5.74, 6) is 0.329. The fourth-order valence-electron chi connectivity index (χ4n) is 2.42. The fourth-order valence-corrected chi connectivity index (χ4v) is 3.74. The van der Waals surface area contributed by atoms with E-state index in [4.69, 9.17) is 16.3 Å². The molecule has 2 atom stereocenters. The molecule has 0 aromatic carbocycles. The number of carbonyl (C=O) groups excluding carboxylic acids is 1. The summed E-state index contributed by atoms with van der Waals surface area (Å²) in [5.41, 5.74) is -0.542. The van der Waals surface area contributed by atoms with Gasteiger partial charge < -0.3 is 9.64 Å². The topological polar surface area (TPSA) is 72.4 Å². The standard InChI is InChI=1S/C15H22ClN3O3S/c1-15(2,3)22-14(20)19-9-5-4-6-11(19)10-23(21)13-8-7-12(16)17-18-13/h7-8,11H,4-6,9-10H2,1-3H3/t11-,23-/m1/s1. The van der Waals surface area contributed by atoms with Gasteiger partial charge in [-0.3, -0.25) is 4.21 Å². The molecule has 0 spiro atoms. The third-order valence-corrected chi connectivity index (χ3v) is 5.01. The first-order chi connectivity index (χ1) is 10.8. The van der Waals surface area contributed by atoms with Crippen molar-refractivity contribution in [2.24, 2.45) is 0 Å². The predicted molar refractivity (Wildman–Crippen MR) is 88.9 cm³/mol. The molecule has 0 unspecified atom stereocenters. The van der Waals surface area contributed by atoms with Crippen molar-refractivity contribution in [3.05, 3.63) is 17.3 Å². The quantitative estimate of drug-likeness (QED) is 0.829. The molecule has 6 nitrogen and oxygen atoms in total. The van der Waals surface area contributed by atoms with Gasteiger partial charge >= 0.3 is 6.09 Å². The lowest BCUT2D eigenvalue weighted by atomic mass is 10.0. The Labute approximate surface area is 144 Å². The minimum Gasteiger partial charge on any atom is -0.444 e. The Balaban J connectivity index is 2.04. The number of piperidine rings is 1. The summed E-state index contributed by atoms with van der Waals surface area (Å²) in [6.07, 6.45) is 2.41. The van der Waals surface area contributed by atoms with Crippen LogP contribution in [0.25, 0.3) is 0 Å². The van der Waals surface area contributed by atoms with Crippen LogP contribution in [0.1, 0.15) is 40.0 Å². The van der Waals surface area contributed by atoms with E-state index in [-0.39, 0.29) is 17.3 Å². The van der Waals surface area contributed by atoms with E-state index >= 15 is 0 Å². The summed E-state index contributed by atoms with van der Waals surface area (Å²) < 4.78 is 17.9. The molecule has 0 aliphatic carbocycles. The smallest absolute Gasteiger partial charge is 0.410 e. The molecule has 1 aromatic heterocycles. The Bertz CT molecular complexity index is 574. The number of rotatable bonds is 3. The van der Waals surface area contributed by atoms with Crippen LogP contribution in [-0.2, 0) is 15.5 Å². The van der Waals surface area contributed by atoms with Crippen molar-refractivity contribution in [2.45, 2.75) is 56.7 Å². The van der Waals surface area contributed by atoms with Crippen LogP contribution in [0.4, 0.5) is 4.79 Å². The van der Waals surface area contributed by atoms with E-state index in [0.29, 0.717) is 17.3 Å². The second-order valence-corrected chi connectivity index (χ2v) is 8.36. The monoisotopic (exact) mass is 359 g/mol. The van der Waals surface area contributed by atoms with Gasteiger partial charge in [0.25, 0.3) is 0 Å². The van der Waals surface area contributed by atoms with Crippen LogP contribution in [0, 0.1) is 0 Å². The largest absolute Gasteiger partial charge is 0.444 e. The van der Waals surface area contributed by atoms with Crippen molar-refractivity contribution in [3.63, 3.8) is 0 Å². The van der Waals surface area contributed by atoms with Gasteiger partial charge in [0.15, 0.2) is 5.15 Å². The van der Waals surface area contributed by atoms with Crippen LogP contribution >= 0.6 is 11.6 Å². The van der Waals surface area contributed by atoms with Gasteiger partial charge in [-0.05, 0) is 52.2 Å². The van der Waals surface area contributed by atoms with Crippen molar-refractivity contribution in [1.82, 2.24) is 15.1 Å². The molecule has 1 aliphatic heterocycles. The molecule has 23 heavy (non-hydrogen) atoms. The van der Waals surface area contributed by atoms with Crippen LogP contribution < -0.4 is 0 Å². The highest BCUT2D eigenvalue weighted by atomic mass is 35.5. The number of amides is 1. The maximum absolute atomic E-state index is 12.5. The van der Waals surface area contributed by atoms with Crippen LogP contribution in [-0.4, -0.2) is 49.3 Å². The second-order valence-electron chi connectivity index (χ2n) is 6.53. The van der Waals surface area contributed by atoms with Gasteiger partial charge in [0.05, 0.1) is 16.6 Å². The zero-order valence-corrected chi connectivity index (χ0v) is 15.2. The van der Waals surface area contributed by atoms with Crippen molar-refractivity contribution in [3.8, 4) is 0 Å². The van der Waals surface area contributed by atoms with E-state index in [1.165, 1.54) is 0 Å². The first-order valence-corrected chi connectivity index (χ1v) is 9.33. The maximum Gasteiger partial charge on any atom is 0.410 e. The van der Waals surface area contributed by atoms with Gasteiger partial charge in [-0.1, -0.05) is 11.6 Å². The van der Waals surface area contributed by atoms with Crippen molar-refractivity contribution >= 4 is 28.5 Å². The van der Waals surface area contributed by atoms with Crippen LogP contribution in [0.15, 0.2) is 17.2 Å². The molecule has 8 heteroatoms. The Morgan fingerprint density at radius 3 is 2.74 bits per heavy atom. The molecule has 1 saturated heterocycles. The molecule has 1 aliphatic rings. The number of ether oxygens (including phenoxy) is 1. The van der Waals surface area contributed by atoms with Crippen molar-refractivity contribution < 1.29 is 13.7 Å². The molecular formula is C15H22ClN3O3S. The van der Waals surface area contributed by atoms with Crippen molar-refractivity contribution in [2.75, 3.05) is 12.3 Å². The molecule has 0 bridgehead atoms. The van der Waals surface area contributed by atoms with Gasteiger partial charge in [0.1, 0.15) is 10.6 Å². The van der Waals surface area contributed by atoms with Gasteiger partial charge in [-0.2, -0.15) is 0 Å². The fraction of sp³-hybridized carbons (Fsp3) is 0.667. The molecule has 1 fully saturated rings. The summed E-state index contributed by atoms with van der Waals surface area (Å²) in [5, 5.41) is 8.21. The Kier molecular flexibility index (Phi) is 5.97. The average Bonchev–Trinajstić information content (AvgIpc) is 2.46. The average molecular weight is 360 g/mol. The van der Waals surface area contributed by atoms with Crippen LogP contribution in [0.5, 0.6) is 0 Å². The molecule has 0 saturated carbocycles. The number of likely N-dealkylation sites (tertiary alicyclic amines) is 1. The van der Waals surface area contributed by atoms with Crippen molar-refractivity contribution in [1.29, 1.82) is 0 Å². The summed E-state index contributed by atoms with van der Waals surface area (Å²) in [7, 11) is -1.33. The Morgan fingerprint density at radius 1 is 1.39 bits per heavy atom. The zero-order chi connectivity index (χ0) is 17.0. The predicted octanol–water partition coefficient (Wildman–Crippen LogP) is 3.03. The minimum absolute atomic E-state index is 0.114. The Hall–Kier alpha value is -1.21. The lowest BCUT2D eigenvalue weighted by molar-refractivity contribution is 0.0125. The number of halogens is 1. The number of nitrogens with zero attached hydrogens (tertiary/aromatic N) is 3. The summed E-state index contributed by atoms with van der Waals surface area (Å²) >= 11 is 5.69. The minimum atomic E-state index is -1.33. The highest BCUT2D eigenvalue weighted by Crippen LogP contribution is 2.22. The van der Waals surface area contributed by atoms with Crippen LogP contribution in [0.2, 0.25) is 5.15 Å². The first-order valence-electron chi connectivity index (χ1n) is 7.63.